The van der Waals surface area contributed by atoms with Crippen molar-refractivity contribution in [3.63, 3.8) is 0 Å². The molecule has 3 rings (SSSR count). The summed E-state index contributed by atoms with van der Waals surface area (Å²) in [6.07, 6.45) is 1.03. The molecule has 0 radical (unpaired) electrons. The van der Waals surface area contributed by atoms with Crippen molar-refractivity contribution in [3.05, 3.63) is 100 Å². The monoisotopic (exact) mass is 409 g/mol. The maximum Gasteiger partial charge on any atom is 0.123 e. The highest BCUT2D eigenvalue weighted by molar-refractivity contribution is 9.10. The molecule has 0 unspecified atom stereocenters. The summed E-state index contributed by atoms with van der Waals surface area (Å²) in [5.74, 6) is 0.936. The van der Waals surface area contributed by atoms with E-state index in [4.69, 9.17) is 4.74 Å². The number of rotatable bonds is 8. The van der Waals surface area contributed by atoms with Gasteiger partial charge in [0.05, 0.1) is 7.11 Å². The predicted octanol–water partition coefficient (Wildman–Crippen LogP) is 5.70. The second-order valence-electron chi connectivity index (χ2n) is 6.39. The molecule has 0 heterocycles. The molecule has 0 aliphatic carbocycles. The quantitative estimate of drug-likeness (QED) is 0.472. The van der Waals surface area contributed by atoms with Crippen LogP contribution in [0.15, 0.2) is 83.3 Å². The summed E-state index contributed by atoms with van der Waals surface area (Å²) >= 11 is 3.58. The average Bonchev–Trinajstić information content (AvgIpc) is 2.68. The normalized spacial score (nSPS) is 10.9. The molecule has 0 aromatic heterocycles. The third-order valence-corrected chi connectivity index (χ3v) is 4.94. The molecule has 3 heteroatoms. The molecule has 0 saturated heterocycles. The molecule has 0 aliphatic heterocycles. The summed E-state index contributed by atoms with van der Waals surface area (Å²) < 4.78 is 6.65. The van der Waals surface area contributed by atoms with E-state index in [9.17, 15) is 0 Å². The Morgan fingerprint density at radius 2 is 1.46 bits per heavy atom. The summed E-state index contributed by atoms with van der Waals surface area (Å²) in [5, 5.41) is 0. The minimum Gasteiger partial charge on any atom is -0.496 e. The van der Waals surface area contributed by atoms with Crippen molar-refractivity contribution >= 4 is 15.9 Å². The molecular formula is C23H24BrNO. The van der Waals surface area contributed by atoms with Crippen LogP contribution in [0, 0.1) is 0 Å². The second-order valence-corrected chi connectivity index (χ2v) is 7.30. The van der Waals surface area contributed by atoms with Gasteiger partial charge in [-0.25, -0.2) is 0 Å². The summed E-state index contributed by atoms with van der Waals surface area (Å²) in [5.41, 5.74) is 3.90. The van der Waals surface area contributed by atoms with Gasteiger partial charge in [-0.3, -0.25) is 4.90 Å². The van der Waals surface area contributed by atoms with E-state index in [0.717, 1.165) is 36.3 Å². The van der Waals surface area contributed by atoms with Gasteiger partial charge in [-0.2, -0.15) is 0 Å². The standard InChI is InChI=1S/C23H24BrNO/c1-26-23-13-12-22(24)16-21(23)18-25(17-20-10-6-3-7-11-20)15-14-19-8-4-2-5-9-19/h2-13,16H,14-15,17-18H2,1H3. The minimum absolute atomic E-state index is 0.852. The fraction of sp³-hybridized carbons (Fsp3) is 0.217. The number of ether oxygens (including phenoxy) is 1. The number of hydrogen-bond acceptors (Lipinski definition) is 2. The van der Waals surface area contributed by atoms with Gasteiger partial charge in [-0.05, 0) is 35.7 Å². The Morgan fingerprint density at radius 1 is 0.808 bits per heavy atom. The molecule has 134 valence electrons. The minimum atomic E-state index is 0.852. The highest BCUT2D eigenvalue weighted by Gasteiger charge is 2.12. The average molecular weight is 410 g/mol. The Morgan fingerprint density at radius 3 is 2.12 bits per heavy atom. The zero-order chi connectivity index (χ0) is 18.2. The Hall–Kier alpha value is -2.10. The van der Waals surface area contributed by atoms with Gasteiger partial charge < -0.3 is 4.74 Å². The lowest BCUT2D eigenvalue weighted by molar-refractivity contribution is 0.255. The van der Waals surface area contributed by atoms with Crippen molar-refractivity contribution in [2.75, 3.05) is 13.7 Å². The van der Waals surface area contributed by atoms with Crippen molar-refractivity contribution in [1.82, 2.24) is 4.90 Å². The van der Waals surface area contributed by atoms with Crippen molar-refractivity contribution in [3.8, 4) is 5.75 Å². The molecule has 0 atom stereocenters. The molecule has 0 bridgehead atoms. The lowest BCUT2D eigenvalue weighted by Crippen LogP contribution is -2.25. The first-order chi connectivity index (χ1) is 12.7. The highest BCUT2D eigenvalue weighted by atomic mass is 79.9. The lowest BCUT2D eigenvalue weighted by Gasteiger charge is -2.24. The predicted molar refractivity (Wildman–Crippen MR) is 111 cm³/mol. The van der Waals surface area contributed by atoms with Crippen molar-refractivity contribution in [2.24, 2.45) is 0 Å². The van der Waals surface area contributed by atoms with E-state index >= 15 is 0 Å². The third kappa shape index (κ3) is 5.45. The molecule has 0 fully saturated rings. The van der Waals surface area contributed by atoms with Crippen LogP contribution in [0.2, 0.25) is 0 Å². The Balaban J connectivity index is 1.77. The highest BCUT2D eigenvalue weighted by Crippen LogP contribution is 2.25. The number of benzene rings is 3. The van der Waals surface area contributed by atoms with E-state index in [2.05, 4.69) is 87.6 Å². The molecule has 3 aromatic rings. The largest absolute Gasteiger partial charge is 0.496 e. The number of nitrogens with zero attached hydrogens (tertiary/aromatic N) is 1. The van der Waals surface area contributed by atoms with Crippen LogP contribution in [0.5, 0.6) is 5.75 Å². The van der Waals surface area contributed by atoms with Crippen LogP contribution in [-0.4, -0.2) is 18.6 Å². The van der Waals surface area contributed by atoms with Crippen LogP contribution >= 0.6 is 15.9 Å². The molecule has 0 amide bonds. The third-order valence-electron chi connectivity index (χ3n) is 4.44. The molecule has 2 nitrogen and oxygen atoms in total. The summed E-state index contributed by atoms with van der Waals surface area (Å²) in [6, 6.07) is 27.5. The Bertz CT molecular complexity index is 805. The van der Waals surface area contributed by atoms with Gasteiger partial charge in [-0.15, -0.1) is 0 Å². The maximum absolute atomic E-state index is 5.57. The number of hydrogen-bond donors (Lipinski definition) is 0. The van der Waals surface area contributed by atoms with E-state index in [1.807, 2.05) is 12.1 Å². The van der Waals surface area contributed by atoms with Crippen molar-refractivity contribution < 1.29 is 4.74 Å². The van der Waals surface area contributed by atoms with Crippen LogP contribution in [-0.2, 0) is 19.5 Å². The van der Waals surface area contributed by atoms with Gasteiger partial charge >= 0.3 is 0 Å². The van der Waals surface area contributed by atoms with E-state index in [1.165, 1.54) is 16.7 Å². The first-order valence-electron chi connectivity index (χ1n) is 8.87. The van der Waals surface area contributed by atoms with Gasteiger partial charge in [0.2, 0.25) is 0 Å². The van der Waals surface area contributed by atoms with Crippen LogP contribution in [0.1, 0.15) is 16.7 Å². The van der Waals surface area contributed by atoms with Crippen molar-refractivity contribution in [1.29, 1.82) is 0 Å². The first kappa shape index (κ1) is 18.7. The fourth-order valence-corrected chi connectivity index (χ4v) is 3.51. The maximum atomic E-state index is 5.57. The molecule has 0 N–H and O–H groups in total. The second kappa shape index (κ2) is 9.56. The van der Waals surface area contributed by atoms with E-state index < -0.39 is 0 Å². The van der Waals surface area contributed by atoms with Gasteiger partial charge in [-0.1, -0.05) is 76.6 Å². The van der Waals surface area contributed by atoms with Gasteiger partial charge in [0, 0.05) is 29.7 Å². The number of halogens is 1. The Kier molecular flexibility index (Phi) is 6.87. The SMILES string of the molecule is COc1ccc(Br)cc1CN(CCc1ccccc1)Cc1ccccc1. The molecule has 0 saturated carbocycles. The topological polar surface area (TPSA) is 12.5 Å². The van der Waals surface area contributed by atoms with Crippen LogP contribution in [0.3, 0.4) is 0 Å². The van der Waals surface area contributed by atoms with E-state index in [1.54, 1.807) is 7.11 Å². The summed E-state index contributed by atoms with van der Waals surface area (Å²) in [4.78, 5) is 2.48. The Labute approximate surface area is 164 Å². The van der Waals surface area contributed by atoms with Crippen molar-refractivity contribution in [2.45, 2.75) is 19.5 Å². The molecule has 0 aliphatic rings. The smallest absolute Gasteiger partial charge is 0.123 e. The zero-order valence-corrected chi connectivity index (χ0v) is 16.7. The summed E-state index contributed by atoms with van der Waals surface area (Å²) in [6.45, 7) is 2.77. The zero-order valence-electron chi connectivity index (χ0n) is 15.1. The number of methoxy groups -OCH3 is 1. The van der Waals surface area contributed by atoms with Crippen LogP contribution in [0.4, 0.5) is 0 Å². The molecule has 3 aromatic carbocycles. The van der Waals surface area contributed by atoms with Gasteiger partial charge in [0.15, 0.2) is 0 Å². The van der Waals surface area contributed by atoms with Crippen LogP contribution < -0.4 is 4.74 Å². The molecule has 0 spiro atoms. The molecular weight excluding hydrogens is 386 g/mol. The molecule has 26 heavy (non-hydrogen) atoms. The lowest BCUT2D eigenvalue weighted by atomic mass is 10.1. The van der Waals surface area contributed by atoms with E-state index in [-0.39, 0.29) is 0 Å². The van der Waals surface area contributed by atoms with E-state index in [0.29, 0.717) is 0 Å². The first-order valence-corrected chi connectivity index (χ1v) is 9.66. The van der Waals surface area contributed by atoms with Gasteiger partial charge in [0.25, 0.3) is 0 Å². The van der Waals surface area contributed by atoms with Gasteiger partial charge in [0.1, 0.15) is 5.75 Å². The fourth-order valence-electron chi connectivity index (χ4n) is 3.10. The van der Waals surface area contributed by atoms with Crippen LogP contribution in [0.25, 0.3) is 0 Å². The summed E-state index contributed by atoms with van der Waals surface area (Å²) in [7, 11) is 1.73.